The van der Waals surface area contributed by atoms with Gasteiger partial charge in [0, 0.05) is 13.0 Å². The van der Waals surface area contributed by atoms with E-state index in [9.17, 15) is 9.59 Å². The van der Waals surface area contributed by atoms with E-state index in [4.69, 9.17) is 5.73 Å². The van der Waals surface area contributed by atoms with Gasteiger partial charge in [0.25, 0.3) is 0 Å². The molecule has 0 radical (unpaired) electrons. The fraction of sp³-hybridized carbons (Fsp3) is 0.929. The number of nitrogens with two attached hydrogens (primary N) is 1. The molecule has 0 aromatic rings. The largest absolute Gasteiger partial charge is 0.354 e. The van der Waals surface area contributed by atoms with Crippen LogP contribution in [0.2, 0.25) is 0 Å². The summed E-state index contributed by atoms with van der Waals surface area (Å²) in [7, 11) is 0. The number of amides is 2. The number of unbranched alkanes of at least 4 members (excludes halogenated alkanes) is 16. The number of rotatable bonds is 25. The Bertz CT molecular complexity index is 443. The van der Waals surface area contributed by atoms with Crippen molar-refractivity contribution in [3.8, 4) is 0 Å². The molecule has 196 valence electrons. The molecule has 1 atom stereocenters. The summed E-state index contributed by atoms with van der Waals surface area (Å²) in [5.74, 6) is -0.0540. The Morgan fingerprint density at radius 1 is 0.636 bits per heavy atom. The molecule has 0 aliphatic heterocycles. The quantitative estimate of drug-likeness (QED) is 0.129. The van der Waals surface area contributed by atoms with Gasteiger partial charge in [-0.1, -0.05) is 117 Å². The first-order valence-electron chi connectivity index (χ1n) is 14.4. The number of carbonyl (C=O) groups is 2. The zero-order chi connectivity index (χ0) is 24.4. The van der Waals surface area contributed by atoms with Crippen molar-refractivity contribution < 1.29 is 9.59 Å². The zero-order valence-corrected chi connectivity index (χ0v) is 22.2. The highest BCUT2D eigenvalue weighted by Gasteiger charge is 2.19. The topological polar surface area (TPSA) is 84.2 Å². The number of carbonyl (C=O) groups excluding carboxylic acids is 2. The molecule has 0 saturated carbocycles. The number of hydrogen-bond donors (Lipinski definition) is 3. The standard InChI is InChI=1S/C28H57N3O2/c1-3-5-7-9-11-13-15-17-19-23-27(32)31-26(22-21-24-29)28(33)30-25-20-18-16-14-12-10-8-6-4-2/h26H,3-25,29H2,1-2H3,(H,30,33)(H,31,32). The Morgan fingerprint density at radius 2 is 1.09 bits per heavy atom. The molecule has 0 heterocycles. The van der Waals surface area contributed by atoms with Crippen molar-refractivity contribution in [1.82, 2.24) is 10.6 Å². The van der Waals surface area contributed by atoms with Crippen molar-refractivity contribution in [1.29, 1.82) is 0 Å². The van der Waals surface area contributed by atoms with E-state index in [0.717, 1.165) is 32.1 Å². The minimum absolute atomic E-state index is 0.00168. The van der Waals surface area contributed by atoms with Gasteiger partial charge >= 0.3 is 0 Å². The molecule has 5 heteroatoms. The SMILES string of the molecule is CCCCCCCCCCCNC(=O)C(CCCN)NC(=O)CCCCCCCCCCC. The summed E-state index contributed by atoms with van der Waals surface area (Å²) >= 11 is 0. The summed E-state index contributed by atoms with van der Waals surface area (Å²) in [6, 6.07) is -0.446. The van der Waals surface area contributed by atoms with Crippen LogP contribution in [0.4, 0.5) is 0 Å². The predicted octanol–water partition coefficient (Wildman–Crippen LogP) is 6.78. The summed E-state index contributed by atoms with van der Waals surface area (Å²) in [5, 5.41) is 5.98. The van der Waals surface area contributed by atoms with Crippen molar-refractivity contribution in [2.75, 3.05) is 13.1 Å². The molecule has 0 spiro atoms. The van der Waals surface area contributed by atoms with Gasteiger partial charge in [-0.15, -0.1) is 0 Å². The van der Waals surface area contributed by atoms with Crippen molar-refractivity contribution in [2.45, 2.75) is 155 Å². The molecule has 33 heavy (non-hydrogen) atoms. The van der Waals surface area contributed by atoms with Crippen LogP contribution in [-0.2, 0) is 9.59 Å². The average molecular weight is 468 g/mol. The molecule has 0 bridgehead atoms. The Labute approximate surface area is 205 Å². The highest BCUT2D eigenvalue weighted by Crippen LogP contribution is 2.11. The second-order valence-electron chi connectivity index (χ2n) is 9.75. The van der Waals surface area contributed by atoms with Crippen LogP contribution >= 0.6 is 0 Å². The summed E-state index contributed by atoms with van der Waals surface area (Å²) in [6.07, 6.45) is 24.4. The highest BCUT2D eigenvalue weighted by molar-refractivity contribution is 5.87. The molecule has 1 unspecified atom stereocenters. The van der Waals surface area contributed by atoms with Gasteiger partial charge in [0.2, 0.25) is 11.8 Å². The minimum Gasteiger partial charge on any atom is -0.354 e. The van der Waals surface area contributed by atoms with E-state index in [1.54, 1.807) is 0 Å². The summed E-state index contributed by atoms with van der Waals surface area (Å²) < 4.78 is 0. The molecule has 0 aliphatic rings. The summed E-state index contributed by atoms with van der Waals surface area (Å²) in [4.78, 5) is 24.9. The third-order valence-corrected chi connectivity index (χ3v) is 6.44. The summed E-state index contributed by atoms with van der Waals surface area (Å²) in [6.45, 7) is 5.73. The van der Waals surface area contributed by atoms with Crippen molar-refractivity contribution in [3.05, 3.63) is 0 Å². The lowest BCUT2D eigenvalue weighted by atomic mass is 10.1. The van der Waals surface area contributed by atoms with E-state index in [-0.39, 0.29) is 11.8 Å². The van der Waals surface area contributed by atoms with Gasteiger partial charge < -0.3 is 16.4 Å². The number of nitrogens with one attached hydrogen (secondary N) is 2. The van der Waals surface area contributed by atoms with Gasteiger partial charge in [0.05, 0.1) is 0 Å². The third-order valence-electron chi connectivity index (χ3n) is 6.44. The van der Waals surface area contributed by atoms with Crippen LogP contribution in [-0.4, -0.2) is 30.9 Å². The van der Waals surface area contributed by atoms with Crippen LogP contribution in [0.15, 0.2) is 0 Å². The van der Waals surface area contributed by atoms with Gasteiger partial charge in [-0.05, 0) is 32.2 Å². The van der Waals surface area contributed by atoms with Crippen LogP contribution in [0.3, 0.4) is 0 Å². The smallest absolute Gasteiger partial charge is 0.242 e. The molecule has 0 fully saturated rings. The second-order valence-corrected chi connectivity index (χ2v) is 9.75. The molecule has 0 aromatic heterocycles. The van der Waals surface area contributed by atoms with E-state index < -0.39 is 6.04 Å². The van der Waals surface area contributed by atoms with Crippen molar-refractivity contribution in [3.63, 3.8) is 0 Å². The predicted molar refractivity (Wildman–Crippen MR) is 142 cm³/mol. The van der Waals surface area contributed by atoms with E-state index in [1.807, 2.05) is 0 Å². The zero-order valence-electron chi connectivity index (χ0n) is 22.2. The van der Waals surface area contributed by atoms with Gasteiger partial charge in [-0.3, -0.25) is 9.59 Å². The molecule has 0 aliphatic carbocycles. The maximum absolute atomic E-state index is 12.6. The number of hydrogen-bond acceptors (Lipinski definition) is 3. The summed E-state index contributed by atoms with van der Waals surface area (Å²) in [5.41, 5.74) is 5.63. The lowest BCUT2D eigenvalue weighted by Gasteiger charge is -2.18. The maximum Gasteiger partial charge on any atom is 0.242 e. The van der Waals surface area contributed by atoms with E-state index in [0.29, 0.717) is 25.9 Å². The average Bonchev–Trinajstić information content (AvgIpc) is 2.81. The highest BCUT2D eigenvalue weighted by atomic mass is 16.2. The molecule has 5 nitrogen and oxygen atoms in total. The van der Waals surface area contributed by atoms with Crippen LogP contribution in [0.25, 0.3) is 0 Å². The van der Waals surface area contributed by atoms with Crippen molar-refractivity contribution in [2.24, 2.45) is 5.73 Å². The van der Waals surface area contributed by atoms with Gasteiger partial charge in [-0.2, -0.15) is 0 Å². The van der Waals surface area contributed by atoms with Gasteiger partial charge in [-0.25, -0.2) is 0 Å². The van der Waals surface area contributed by atoms with E-state index in [1.165, 1.54) is 89.9 Å². The molecule has 0 rings (SSSR count). The lowest BCUT2D eigenvalue weighted by molar-refractivity contribution is -0.129. The first-order valence-corrected chi connectivity index (χ1v) is 14.4. The Balaban J connectivity index is 3.88. The molecular weight excluding hydrogens is 410 g/mol. The molecule has 0 aromatic carbocycles. The minimum atomic E-state index is -0.446. The molecule has 2 amide bonds. The lowest BCUT2D eigenvalue weighted by Crippen LogP contribution is -2.47. The van der Waals surface area contributed by atoms with E-state index >= 15 is 0 Å². The first-order chi connectivity index (χ1) is 16.2. The molecule has 4 N–H and O–H groups in total. The fourth-order valence-electron chi connectivity index (χ4n) is 4.22. The Hall–Kier alpha value is -1.10. The monoisotopic (exact) mass is 467 g/mol. The van der Waals surface area contributed by atoms with Crippen molar-refractivity contribution >= 4 is 11.8 Å². The van der Waals surface area contributed by atoms with Crippen LogP contribution in [0.1, 0.15) is 149 Å². The second kappa shape index (κ2) is 25.5. The van der Waals surface area contributed by atoms with E-state index in [2.05, 4.69) is 24.5 Å². The Kier molecular flexibility index (Phi) is 24.7. The maximum atomic E-state index is 12.6. The van der Waals surface area contributed by atoms with Crippen LogP contribution < -0.4 is 16.4 Å². The third kappa shape index (κ3) is 22.5. The van der Waals surface area contributed by atoms with Gasteiger partial charge in [0.15, 0.2) is 0 Å². The molecular formula is C28H57N3O2. The van der Waals surface area contributed by atoms with Crippen LogP contribution in [0.5, 0.6) is 0 Å². The Morgan fingerprint density at radius 3 is 1.58 bits per heavy atom. The van der Waals surface area contributed by atoms with Gasteiger partial charge in [0.1, 0.15) is 6.04 Å². The fourth-order valence-corrected chi connectivity index (χ4v) is 4.22. The normalized spacial score (nSPS) is 12.0. The first kappa shape index (κ1) is 31.9. The van der Waals surface area contributed by atoms with Crippen LogP contribution in [0, 0.1) is 0 Å². The molecule has 0 saturated heterocycles.